The van der Waals surface area contributed by atoms with Crippen LogP contribution in [-0.2, 0) is 7.05 Å². The second kappa shape index (κ2) is 2.59. The lowest BCUT2D eigenvalue weighted by Crippen LogP contribution is -2.14. The molecule has 1 aromatic rings. The molecule has 0 bridgehead atoms. The average Bonchev–Trinajstić information content (AvgIpc) is 2.58. The Balaban J connectivity index is 2.09. The summed E-state index contributed by atoms with van der Waals surface area (Å²) in [5.74, 6) is 1.46. The minimum atomic E-state index is 0.154. The van der Waals surface area contributed by atoms with Gasteiger partial charge in [0.2, 0.25) is 0 Å². The van der Waals surface area contributed by atoms with Gasteiger partial charge in [0, 0.05) is 13.2 Å². The highest BCUT2D eigenvalue weighted by molar-refractivity contribution is 5.10. The van der Waals surface area contributed by atoms with Crippen LogP contribution in [0.15, 0.2) is 12.3 Å². The Bertz CT molecular complexity index is 279. The summed E-state index contributed by atoms with van der Waals surface area (Å²) < 4.78 is 1.81. The highest BCUT2D eigenvalue weighted by Gasteiger charge is 2.39. The smallest absolute Gasteiger partial charge is 0.0794 e. The Morgan fingerprint density at radius 2 is 2.42 bits per heavy atom. The van der Waals surface area contributed by atoms with Gasteiger partial charge < -0.3 is 5.73 Å². The Kier molecular flexibility index (Phi) is 1.68. The zero-order valence-corrected chi connectivity index (χ0v) is 7.57. The third-order valence-corrected chi connectivity index (χ3v) is 2.71. The maximum Gasteiger partial charge on any atom is 0.0794 e. The first kappa shape index (κ1) is 7.80. The minimum absolute atomic E-state index is 0.154. The first-order chi connectivity index (χ1) is 5.68. The summed E-state index contributed by atoms with van der Waals surface area (Å²) in [5, 5.41) is 4.30. The molecule has 1 aromatic heterocycles. The van der Waals surface area contributed by atoms with Crippen LogP contribution in [0.2, 0.25) is 0 Å². The van der Waals surface area contributed by atoms with Gasteiger partial charge in [-0.2, -0.15) is 5.10 Å². The van der Waals surface area contributed by atoms with Crippen molar-refractivity contribution in [2.75, 3.05) is 0 Å². The number of aromatic nitrogens is 2. The first-order valence-corrected chi connectivity index (χ1v) is 4.43. The van der Waals surface area contributed by atoms with E-state index in [1.165, 1.54) is 6.42 Å². The lowest BCUT2D eigenvalue weighted by atomic mass is 10.1. The van der Waals surface area contributed by atoms with E-state index in [-0.39, 0.29) is 6.04 Å². The maximum absolute atomic E-state index is 6.03. The molecule has 1 aliphatic rings. The average molecular weight is 165 g/mol. The molecule has 1 heterocycles. The summed E-state index contributed by atoms with van der Waals surface area (Å²) in [4.78, 5) is 0. The van der Waals surface area contributed by atoms with Gasteiger partial charge in [0.15, 0.2) is 0 Å². The molecule has 3 atom stereocenters. The quantitative estimate of drug-likeness (QED) is 0.712. The minimum Gasteiger partial charge on any atom is -0.322 e. The van der Waals surface area contributed by atoms with Crippen molar-refractivity contribution in [2.24, 2.45) is 24.6 Å². The van der Waals surface area contributed by atoms with E-state index in [0.29, 0.717) is 5.92 Å². The SMILES string of the molecule is CC1CC1C(N)c1ccn(C)n1. The zero-order chi connectivity index (χ0) is 8.72. The van der Waals surface area contributed by atoms with Crippen LogP contribution < -0.4 is 5.73 Å². The van der Waals surface area contributed by atoms with Crippen LogP contribution in [0, 0.1) is 11.8 Å². The Hall–Kier alpha value is -0.830. The van der Waals surface area contributed by atoms with Gasteiger partial charge in [-0.1, -0.05) is 6.92 Å². The van der Waals surface area contributed by atoms with E-state index in [2.05, 4.69) is 12.0 Å². The van der Waals surface area contributed by atoms with Gasteiger partial charge in [0.1, 0.15) is 0 Å². The maximum atomic E-state index is 6.03. The van der Waals surface area contributed by atoms with Crippen molar-refractivity contribution in [1.82, 2.24) is 9.78 Å². The predicted molar refractivity (Wildman–Crippen MR) is 47.4 cm³/mol. The number of hydrogen-bond donors (Lipinski definition) is 1. The normalized spacial score (nSPS) is 30.2. The molecule has 1 aliphatic carbocycles. The molecule has 0 spiro atoms. The third kappa shape index (κ3) is 1.25. The van der Waals surface area contributed by atoms with Crippen molar-refractivity contribution >= 4 is 0 Å². The predicted octanol–water partition coefficient (Wildman–Crippen LogP) is 1.08. The van der Waals surface area contributed by atoms with Crippen LogP contribution in [0.4, 0.5) is 0 Å². The molecule has 3 unspecified atom stereocenters. The monoisotopic (exact) mass is 165 g/mol. The van der Waals surface area contributed by atoms with Gasteiger partial charge in [0.05, 0.1) is 11.7 Å². The number of rotatable bonds is 2. The van der Waals surface area contributed by atoms with Crippen molar-refractivity contribution < 1.29 is 0 Å². The summed E-state index contributed by atoms with van der Waals surface area (Å²) in [6.07, 6.45) is 3.21. The first-order valence-electron chi connectivity index (χ1n) is 4.43. The second-order valence-corrected chi connectivity index (χ2v) is 3.82. The van der Waals surface area contributed by atoms with Gasteiger partial charge in [-0.15, -0.1) is 0 Å². The van der Waals surface area contributed by atoms with Crippen LogP contribution in [0.1, 0.15) is 25.1 Å². The van der Waals surface area contributed by atoms with Gasteiger partial charge in [-0.3, -0.25) is 4.68 Å². The topological polar surface area (TPSA) is 43.8 Å². The number of hydrogen-bond acceptors (Lipinski definition) is 2. The van der Waals surface area contributed by atoms with Crippen molar-refractivity contribution in [3.05, 3.63) is 18.0 Å². The fourth-order valence-electron chi connectivity index (χ4n) is 1.68. The summed E-state index contributed by atoms with van der Waals surface area (Å²) in [5.41, 5.74) is 7.06. The van der Waals surface area contributed by atoms with E-state index in [0.717, 1.165) is 11.6 Å². The molecule has 12 heavy (non-hydrogen) atoms. The van der Waals surface area contributed by atoms with Crippen LogP contribution in [0.3, 0.4) is 0 Å². The third-order valence-electron chi connectivity index (χ3n) is 2.71. The van der Waals surface area contributed by atoms with E-state index < -0.39 is 0 Å². The largest absolute Gasteiger partial charge is 0.322 e. The van der Waals surface area contributed by atoms with Gasteiger partial charge >= 0.3 is 0 Å². The molecule has 2 N–H and O–H groups in total. The summed E-state index contributed by atoms with van der Waals surface area (Å²) in [7, 11) is 1.92. The standard InChI is InChI=1S/C9H15N3/c1-6-5-7(6)9(10)8-3-4-12(2)11-8/h3-4,6-7,9H,5,10H2,1-2H3. The fraction of sp³-hybridized carbons (Fsp3) is 0.667. The molecule has 3 nitrogen and oxygen atoms in total. The molecule has 0 radical (unpaired) electrons. The molecule has 1 fully saturated rings. The van der Waals surface area contributed by atoms with Crippen LogP contribution >= 0.6 is 0 Å². The van der Waals surface area contributed by atoms with E-state index >= 15 is 0 Å². The zero-order valence-electron chi connectivity index (χ0n) is 7.57. The number of nitrogens with two attached hydrogens (primary N) is 1. The highest BCUT2D eigenvalue weighted by Crippen LogP contribution is 2.45. The van der Waals surface area contributed by atoms with E-state index in [1.807, 2.05) is 24.0 Å². The molecular formula is C9H15N3. The molecule has 0 saturated heterocycles. The van der Waals surface area contributed by atoms with E-state index in [1.54, 1.807) is 0 Å². The Morgan fingerprint density at radius 1 is 1.75 bits per heavy atom. The van der Waals surface area contributed by atoms with Crippen molar-refractivity contribution in [3.8, 4) is 0 Å². The molecular weight excluding hydrogens is 150 g/mol. The summed E-state index contributed by atoms with van der Waals surface area (Å²) in [6.45, 7) is 2.24. The Morgan fingerprint density at radius 3 is 2.83 bits per heavy atom. The molecule has 1 saturated carbocycles. The van der Waals surface area contributed by atoms with Gasteiger partial charge in [-0.05, 0) is 24.3 Å². The summed E-state index contributed by atoms with van der Waals surface area (Å²) in [6, 6.07) is 2.16. The lowest BCUT2D eigenvalue weighted by molar-refractivity contribution is 0.566. The van der Waals surface area contributed by atoms with Crippen molar-refractivity contribution in [1.29, 1.82) is 0 Å². The molecule has 66 valence electrons. The molecule has 0 amide bonds. The van der Waals surface area contributed by atoms with Crippen molar-refractivity contribution in [3.63, 3.8) is 0 Å². The molecule has 0 aromatic carbocycles. The number of aryl methyl sites for hydroxylation is 1. The summed E-state index contributed by atoms with van der Waals surface area (Å²) >= 11 is 0. The van der Waals surface area contributed by atoms with Crippen molar-refractivity contribution in [2.45, 2.75) is 19.4 Å². The van der Waals surface area contributed by atoms with E-state index in [9.17, 15) is 0 Å². The molecule has 3 heteroatoms. The molecule has 2 rings (SSSR count). The fourth-order valence-corrected chi connectivity index (χ4v) is 1.68. The second-order valence-electron chi connectivity index (χ2n) is 3.82. The lowest BCUT2D eigenvalue weighted by Gasteiger charge is -2.05. The molecule has 0 aliphatic heterocycles. The van der Waals surface area contributed by atoms with Gasteiger partial charge in [-0.25, -0.2) is 0 Å². The van der Waals surface area contributed by atoms with E-state index in [4.69, 9.17) is 5.73 Å². The number of nitrogens with zero attached hydrogens (tertiary/aromatic N) is 2. The van der Waals surface area contributed by atoms with Crippen LogP contribution in [0.5, 0.6) is 0 Å². The van der Waals surface area contributed by atoms with Crippen LogP contribution in [0.25, 0.3) is 0 Å². The van der Waals surface area contributed by atoms with Crippen LogP contribution in [-0.4, -0.2) is 9.78 Å². The van der Waals surface area contributed by atoms with Gasteiger partial charge in [0.25, 0.3) is 0 Å². The Labute approximate surface area is 72.6 Å². The highest BCUT2D eigenvalue weighted by atomic mass is 15.3.